The molecule has 1 heterocycles. The van der Waals surface area contributed by atoms with Crippen LogP contribution in [0.2, 0.25) is 0 Å². The number of unbranched alkanes of at least 4 members (excludes halogenated alkanes) is 1. The highest BCUT2D eigenvalue weighted by molar-refractivity contribution is 5.87. The van der Waals surface area contributed by atoms with Crippen molar-refractivity contribution in [1.29, 1.82) is 0 Å². The van der Waals surface area contributed by atoms with Crippen LogP contribution in [0.15, 0.2) is 47.5 Å². The van der Waals surface area contributed by atoms with E-state index in [1.54, 1.807) is 6.07 Å². The fraction of sp³-hybridized carbons (Fsp3) is 0.222. The van der Waals surface area contributed by atoms with E-state index >= 15 is 0 Å². The second-order valence-corrected chi connectivity index (χ2v) is 5.64. The van der Waals surface area contributed by atoms with Crippen molar-refractivity contribution in [3.63, 3.8) is 0 Å². The van der Waals surface area contributed by atoms with Gasteiger partial charge in [0.25, 0.3) is 0 Å². The van der Waals surface area contributed by atoms with Crippen molar-refractivity contribution in [3.05, 3.63) is 58.1 Å². The zero-order valence-corrected chi connectivity index (χ0v) is 13.8. The number of nitrogens with zero attached hydrogens (tertiary/aromatic N) is 4. The van der Waals surface area contributed by atoms with E-state index in [4.69, 9.17) is 0 Å². The van der Waals surface area contributed by atoms with E-state index in [2.05, 4.69) is 16.9 Å². The summed E-state index contributed by atoms with van der Waals surface area (Å²) in [7, 11) is 0. The number of phenolic OH excluding ortho intramolecular Hbond substituents is 1. The fourth-order valence-electron chi connectivity index (χ4n) is 2.63. The van der Waals surface area contributed by atoms with Gasteiger partial charge in [-0.25, -0.2) is 9.98 Å². The van der Waals surface area contributed by atoms with Gasteiger partial charge < -0.3 is 9.67 Å². The van der Waals surface area contributed by atoms with E-state index in [1.165, 1.54) is 18.3 Å². The molecule has 1 aromatic heterocycles. The third-order valence-electron chi connectivity index (χ3n) is 3.93. The van der Waals surface area contributed by atoms with E-state index in [0.717, 1.165) is 30.4 Å². The summed E-state index contributed by atoms with van der Waals surface area (Å²) in [5.74, 6) is 0.119. The van der Waals surface area contributed by atoms with Crippen LogP contribution in [0.1, 0.15) is 25.3 Å². The summed E-state index contributed by atoms with van der Waals surface area (Å²) in [4.78, 5) is 19.2. The molecule has 0 saturated heterocycles. The van der Waals surface area contributed by atoms with Gasteiger partial charge in [-0.1, -0.05) is 31.5 Å². The number of aryl methyl sites for hydroxylation is 1. The van der Waals surface area contributed by atoms with Crippen LogP contribution in [0, 0.1) is 10.1 Å². The molecule has 7 nitrogen and oxygen atoms in total. The van der Waals surface area contributed by atoms with E-state index < -0.39 is 10.7 Å². The van der Waals surface area contributed by atoms with Gasteiger partial charge in [0.2, 0.25) is 11.7 Å². The van der Waals surface area contributed by atoms with Crippen LogP contribution in [-0.4, -0.2) is 25.8 Å². The summed E-state index contributed by atoms with van der Waals surface area (Å²) in [5.41, 5.74) is 1.77. The van der Waals surface area contributed by atoms with Crippen molar-refractivity contribution in [2.45, 2.75) is 26.3 Å². The van der Waals surface area contributed by atoms with E-state index in [1.807, 2.05) is 28.8 Å². The third kappa shape index (κ3) is 3.35. The third-order valence-corrected chi connectivity index (χ3v) is 3.93. The lowest BCUT2D eigenvalue weighted by molar-refractivity contribution is -0.385. The Morgan fingerprint density at radius 2 is 2.08 bits per heavy atom. The molecule has 0 fully saturated rings. The number of aromatic hydroxyl groups is 1. The van der Waals surface area contributed by atoms with Crippen LogP contribution >= 0.6 is 0 Å². The molecule has 0 saturated carbocycles. The first-order chi connectivity index (χ1) is 12.1. The van der Waals surface area contributed by atoms with E-state index in [0.29, 0.717) is 5.95 Å². The maximum Gasteiger partial charge on any atom is 0.311 e. The second-order valence-electron chi connectivity index (χ2n) is 5.64. The number of rotatable bonds is 6. The monoisotopic (exact) mass is 338 g/mol. The molecule has 0 amide bonds. The summed E-state index contributed by atoms with van der Waals surface area (Å²) >= 11 is 0. The molecule has 0 spiro atoms. The Kier molecular flexibility index (Phi) is 4.74. The molecule has 0 radical (unpaired) electrons. The number of aliphatic imine (C=N–C) groups is 1. The van der Waals surface area contributed by atoms with Crippen LogP contribution in [0.25, 0.3) is 11.0 Å². The predicted octanol–water partition coefficient (Wildman–Crippen LogP) is 4.20. The Morgan fingerprint density at radius 1 is 1.28 bits per heavy atom. The smallest absolute Gasteiger partial charge is 0.311 e. The second kappa shape index (κ2) is 7.12. The molecule has 25 heavy (non-hydrogen) atoms. The van der Waals surface area contributed by atoms with Crippen LogP contribution in [-0.2, 0) is 6.54 Å². The van der Waals surface area contributed by atoms with Crippen molar-refractivity contribution >= 4 is 28.9 Å². The molecule has 1 N–H and O–H groups in total. The minimum atomic E-state index is -0.622. The Morgan fingerprint density at radius 3 is 2.84 bits per heavy atom. The van der Waals surface area contributed by atoms with Crippen LogP contribution in [0.5, 0.6) is 5.75 Å². The zero-order chi connectivity index (χ0) is 17.8. The average Bonchev–Trinajstić information content (AvgIpc) is 2.96. The number of benzene rings is 2. The number of imidazole rings is 1. The number of para-hydroxylation sites is 3. The molecule has 2 aromatic carbocycles. The summed E-state index contributed by atoms with van der Waals surface area (Å²) in [5, 5.41) is 21.0. The van der Waals surface area contributed by atoms with Crippen molar-refractivity contribution in [1.82, 2.24) is 9.55 Å². The van der Waals surface area contributed by atoms with Crippen molar-refractivity contribution in [3.8, 4) is 5.75 Å². The standard InChI is InChI=1S/C18H18N4O3/c1-2-3-11-21-15-9-5-4-8-14(15)20-18(21)19-12-13-7-6-10-16(17(13)23)22(24)25/h4-10,12,23H,2-3,11H2,1H3/b19-12+. The molecule has 7 heteroatoms. The minimum Gasteiger partial charge on any atom is -0.502 e. The number of fused-ring (bicyclic) bond motifs is 1. The molecular weight excluding hydrogens is 320 g/mol. The Hall–Kier alpha value is -3.22. The van der Waals surface area contributed by atoms with Gasteiger partial charge in [0.05, 0.1) is 16.0 Å². The van der Waals surface area contributed by atoms with Gasteiger partial charge in [-0.15, -0.1) is 0 Å². The summed E-state index contributed by atoms with van der Waals surface area (Å²) in [6.45, 7) is 2.90. The molecule has 0 aliphatic heterocycles. The average molecular weight is 338 g/mol. The maximum atomic E-state index is 10.9. The fourth-order valence-corrected chi connectivity index (χ4v) is 2.63. The first-order valence-corrected chi connectivity index (χ1v) is 8.07. The SMILES string of the molecule is CCCCn1c(/N=C/c2cccc([N+](=O)[O-])c2O)nc2ccccc21. The first kappa shape index (κ1) is 16.6. The molecule has 0 atom stereocenters. The van der Waals surface area contributed by atoms with Crippen molar-refractivity contribution in [2.24, 2.45) is 4.99 Å². The highest BCUT2D eigenvalue weighted by atomic mass is 16.6. The number of nitro groups is 1. The van der Waals surface area contributed by atoms with Gasteiger partial charge in [-0.2, -0.15) is 0 Å². The molecule has 3 aromatic rings. The maximum absolute atomic E-state index is 10.9. The van der Waals surface area contributed by atoms with Crippen LogP contribution < -0.4 is 0 Å². The van der Waals surface area contributed by atoms with Gasteiger partial charge in [0.15, 0.2) is 0 Å². The molecule has 0 unspecified atom stereocenters. The summed E-state index contributed by atoms with van der Waals surface area (Å²) < 4.78 is 2.02. The van der Waals surface area contributed by atoms with Crippen molar-refractivity contribution in [2.75, 3.05) is 0 Å². The summed E-state index contributed by atoms with van der Waals surface area (Å²) in [6, 6.07) is 12.1. The first-order valence-electron chi connectivity index (χ1n) is 8.07. The van der Waals surface area contributed by atoms with Gasteiger partial charge in [0.1, 0.15) is 0 Å². The normalized spacial score (nSPS) is 11.4. The number of aromatic nitrogens is 2. The number of hydrogen-bond donors (Lipinski definition) is 1. The van der Waals surface area contributed by atoms with Crippen molar-refractivity contribution < 1.29 is 10.0 Å². The van der Waals surface area contributed by atoms with Crippen LogP contribution in [0.3, 0.4) is 0 Å². The topological polar surface area (TPSA) is 93.5 Å². The highest BCUT2D eigenvalue weighted by Gasteiger charge is 2.15. The van der Waals surface area contributed by atoms with Gasteiger partial charge in [0, 0.05) is 24.4 Å². The molecular formula is C18H18N4O3. The van der Waals surface area contributed by atoms with Gasteiger partial charge >= 0.3 is 5.69 Å². The number of nitro benzene ring substituents is 1. The van der Waals surface area contributed by atoms with E-state index in [9.17, 15) is 15.2 Å². The molecule has 128 valence electrons. The molecule has 0 bridgehead atoms. The number of phenols is 1. The Balaban J connectivity index is 2.01. The lowest BCUT2D eigenvalue weighted by Gasteiger charge is -2.05. The van der Waals surface area contributed by atoms with Crippen LogP contribution in [0.4, 0.5) is 11.6 Å². The Bertz CT molecular complexity index is 947. The van der Waals surface area contributed by atoms with Gasteiger partial charge in [-0.05, 0) is 24.6 Å². The molecule has 3 rings (SSSR count). The highest BCUT2D eigenvalue weighted by Crippen LogP contribution is 2.29. The largest absolute Gasteiger partial charge is 0.502 e. The number of hydrogen-bond acceptors (Lipinski definition) is 5. The molecule has 0 aliphatic carbocycles. The molecule has 0 aliphatic rings. The Labute approximate surface area is 144 Å². The van der Waals surface area contributed by atoms with Gasteiger partial charge in [-0.3, -0.25) is 10.1 Å². The summed E-state index contributed by atoms with van der Waals surface area (Å²) in [6.07, 6.45) is 3.44. The lowest BCUT2D eigenvalue weighted by atomic mass is 10.2. The minimum absolute atomic E-state index is 0.281. The lowest BCUT2D eigenvalue weighted by Crippen LogP contribution is -1.97. The predicted molar refractivity (Wildman–Crippen MR) is 96.7 cm³/mol. The zero-order valence-electron chi connectivity index (χ0n) is 13.8. The van der Waals surface area contributed by atoms with E-state index in [-0.39, 0.29) is 11.3 Å². The quantitative estimate of drug-likeness (QED) is 0.414.